The van der Waals surface area contributed by atoms with Crippen LogP contribution in [-0.4, -0.2) is 41.5 Å². The third-order valence-electron chi connectivity index (χ3n) is 7.46. The fourth-order valence-corrected chi connectivity index (χ4v) is 5.79. The molecule has 0 N–H and O–H groups in total. The Bertz CT molecular complexity index is 1380. The van der Waals surface area contributed by atoms with Crippen molar-refractivity contribution >= 4 is 46.5 Å². The summed E-state index contributed by atoms with van der Waals surface area (Å²) in [6, 6.07) is 7.90. The second-order valence-electron chi connectivity index (χ2n) is 9.92. The van der Waals surface area contributed by atoms with E-state index in [4.69, 9.17) is 27.9 Å². The van der Waals surface area contributed by atoms with Crippen LogP contribution in [0, 0.1) is 31.6 Å². The number of hydrogen-bond acceptors (Lipinski definition) is 3. The minimum atomic E-state index is -4.37. The lowest BCUT2D eigenvalue weighted by Gasteiger charge is -2.12. The zero-order valence-electron chi connectivity index (χ0n) is 23.5. The van der Waals surface area contributed by atoms with E-state index in [1.807, 2.05) is 39.8 Å². The number of fused-ring (bicyclic) bond motifs is 2. The molecule has 1 saturated heterocycles. The van der Waals surface area contributed by atoms with Gasteiger partial charge in [0.25, 0.3) is 0 Å². The Hall–Kier alpha value is -2.71. The molecule has 1 aliphatic heterocycles. The van der Waals surface area contributed by atoms with E-state index in [1.165, 1.54) is 12.1 Å². The minimum absolute atomic E-state index is 0.0798. The van der Waals surface area contributed by atoms with Gasteiger partial charge >= 0.3 is 12.1 Å². The molecule has 0 bridgehead atoms. The van der Waals surface area contributed by atoms with Crippen LogP contribution in [0.1, 0.15) is 48.7 Å². The first-order valence-corrected chi connectivity index (χ1v) is 14.1. The van der Waals surface area contributed by atoms with Crippen LogP contribution in [0.3, 0.4) is 0 Å². The maximum atomic E-state index is 13.1. The molecule has 1 aliphatic carbocycles. The Morgan fingerprint density at radius 1 is 1.07 bits per heavy atom. The van der Waals surface area contributed by atoms with Gasteiger partial charge in [0.1, 0.15) is 0 Å². The average molecular weight is 600 g/mol. The molecule has 5 nitrogen and oxygen atoms in total. The zero-order chi connectivity index (χ0) is 29.9. The molecule has 1 saturated carbocycles. The van der Waals surface area contributed by atoms with E-state index in [2.05, 4.69) is 0 Å². The second-order valence-corrected chi connectivity index (χ2v) is 10.7. The molecule has 2 atom stereocenters. The topological polar surface area (TPSA) is 51.5 Å². The second kappa shape index (κ2) is 12.9. The van der Waals surface area contributed by atoms with Crippen molar-refractivity contribution in [3.8, 4) is 0 Å². The van der Waals surface area contributed by atoms with Crippen LogP contribution in [0.15, 0.2) is 30.3 Å². The number of carbonyl (C=O) groups excluding carboxylic acids is 2. The van der Waals surface area contributed by atoms with Crippen molar-refractivity contribution in [1.82, 2.24) is 9.47 Å². The molecule has 3 aromatic rings. The number of hydrogen-bond donors (Lipinski definition) is 0. The van der Waals surface area contributed by atoms with Crippen LogP contribution in [0.4, 0.5) is 13.2 Å². The van der Waals surface area contributed by atoms with Crippen molar-refractivity contribution < 1.29 is 27.5 Å². The fraction of sp³-hybridized carbons (Fsp3) is 0.467. The van der Waals surface area contributed by atoms with Gasteiger partial charge in [0.2, 0.25) is 6.41 Å². The van der Waals surface area contributed by atoms with E-state index in [0.29, 0.717) is 46.0 Å². The summed E-state index contributed by atoms with van der Waals surface area (Å²) in [5, 5.41) is 1.93. The lowest BCUT2D eigenvalue weighted by atomic mass is 10.0. The van der Waals surface area contributed by atoms with Gasteiger partial charge in [-0.15, -0.1) is 0 Å². The first-order valence-electron chi connectivity index (χ1n) is 13.3. The number of rotatable bonds is 5. The molecule has 10 heteroatoms. The molecule has 0 spiro atoms. The van der Waals surface area contributed by atoms with Crippen molar-refractivity contribution in [2.75, 3.05) is 19.7 Å². The lowest BCUT2D eigenvalue weighted by molar-refractivity contribution is -0.146. The number of aryl methyl sites for hydroxylation is 3. The average Bonchev–Trinajstić information content (AvgIpc) is 3.24. The zero-order valence-corrected chi connectivity index (χ0v) is 25.0. The molecule has 2 aliphatic rings. The van der Waals surface area contributed by atoms with Crippen LogP contribution >= 0.6 is 23.2 Å². The molecule has 2 aromatic carbocycles. The van der Waals surface area contributed by atoms with Gasteiger partial charge in [-0.3, -0.25) is 9.59 Å². The van der Waals surface area contributed by atoms with Gasteiger partial charge in [0, 0.05) is 53.2 Å². The summed E-state index contributed by atoms with van der Waals surface area (Å²) >= 11 is 12.6. The Balaban J connectivity index is 0.000000246. The van der Waals surface area contributed by atoms with Gasteiger partial charge in [0.15, 0.2) is 0 Å². The molecule has 1 amide bonds. The third kappa shape index (κ3) is 6.60. The Morgan fingerprint density at radius 2 is 1.70 bits per heavy atom. The number of piperidine rings is 1. The van der Waals surface area contributed by atoms with Crippen molar-refractivity contribution in [3.63, 3.8) is 0 Å². The van der Waals surface area contributed by atoms with Crippen LogP contribution in [0.25, 0.3) is 10.9 Å². The largest absolute Gasteiger partial charge is 0.466 e. The highest BCUT2D eigenvalue weighted by Gasteiger charge is 2.60. The van der Waals surface area contributed by atoms with E-state index in [9.17, 15) is 22.8 Å². The van der Waals surface area contributed by atoms with Gasteiger partial charge in [-0.25, -0.2) is 0 Å². The Morgan fingerprint density at radius 3 is 2.25 bits per heavy atom. The first kappa shape index (κ1) is 31.8. The van der Waals surface area contributed by atoms with Crippen molar-refractivity contribution in [1.29, 1.82) is 0 Å². The van der Waals surface area contributed by atoms with E-state index in [1.54, 1.807) is 29.5 Å². The number of carbonyl (C=O) groups is 2. The van der Waals surface area contributed by atoms with E-state index >= 15 is 0 Å². The van der Waals surface area contributed by atoms with Gasteiger partial charge in [-0.1, -0.05) is 43.1 Å². The maximum Gasteiger partial charge on any atom is 0.416 e. The molecular formula is C30H35Cl2F3N2O3. The number of aromatic nitrogens is 1. The number of likely N-dealkylation sites (tertiary alicyclic amines) is 1. The number of ether oxygens (including phenoxy) is 1. The summed E-state index contributed by atoms with van der Waals surface area (Å²) in [6.07, 6.45) is -3.06. The fourth-order valence-electron chi connectivity index (χ4n) is 5.29. The van der Waals surface area contributed by atoms with Crippen molar-refractivity contribution in [2.45, 2.75) is 47.2 Å². The molecule has 218 valence electrons. The van der Waals surface area contributed by atoms with Crippen LogP contribution < -0.4 is 0 Å². The number of alkyl halides is 3. The minimum Gasteiger partial charge on any atom is -0.466 e. The van der Waals surface area contributed by atoms with E-state index < -0.39 is 11.7 Å². The summed E-state index contributed by atoms with van der Waals surface area (Å²) in [5.74, 6) is 0.757. The van der Waals surface area contributed by atoms with Crippen molar-refractivity contribution in [2.24, 2.45) is 24.8 Å². The molecule has 0 radical (unpaired) electrons. The third-order valence-corrected chi connectivity index (χ3v) is 8.34. The van der Waals surface area contributed by atoms with Gasteiger partial charge in [-0.2, -0.15) is 13.2 Å². The number of nitrogens with zero attached hydrogens (tertiary/aromatic N) is 2. The van der Waals surface area contributed by atoms with Crippen LogP contribution in [0.5, 0.6) is 0 Å². The van der Waals surface area contributed by atoms with E-state index in [-0.39, 0.29) is 11.9 Å². The Labute approximate surface area is 243 Å². The molecule has 5 rings (SSSR count). The summed E-state index contributed by atoms with van der Waals surface area (Å²) < 4.78 is 46.0. The van der Waals surface area contributed by atoms with Crippen molar-refractivity contribution in [3.05, 3.63) is 68.3 Å². The normalized spacial score (nSPS) is 19.3. The standard InChI is InChI=1S/C19H16Cl2F3N.C9H13NO3.C2H6/c1-10-4-5-16(20)15(18(10)21)9-13-8-14-11(2)6-12(19(22,23)24)7-17(14)25(13)3;1-2-13-9(12)8-6-3-10(5-11)4-7(6)8;1-2/h4-8H,9H2,1-3H3;5-8H,2-4H2,1H3;1-2H3. The number of esters is 1. The van der Waals surface area contributed by atoms with Crippen LogP contribution in [-0.2, 0) is 34.0 Å². The summed E-state index contributed by atoms with van der Waals surface area (Å²) in [6.45, 7) is 11.3. The predicted octanol–water partition coefficient (Wildman–Crippen LogP) is 7.62. The molecule has 1 aromatic heterocycles. The highest BCUT2D eigenvalue weighted by molar-refractivity contribution is 6.36. The molecule has 2 fully saturated rings. The van der Waals surface area contributed by atoms with Gasteiger partial charge < -0.3 is 14.2 Å². The highest BCUT2D eigenvalue weighted by Crippen LogP contribution is 2.51. The SMILES string of the molecule is CC.CCOC(=O)C1C2CN(C=O)CC21.Cc1ccc(Cl)c(Cc2cc3c(C)cc(C(F)(F)F)cc3n2C)c1Cl. The summed E-state index contributed by atoms with van der Waals surface area (Å²) in [4.78, 5) is 23.4. The summed E-state index contributed by atoms with van der Waals surface area (Å²) in [5.41, 5.74) is 3.04. The lowest BCUT2D eigenvalue weighted by Crippen LogP contribution is -2.25. The predicted molar refractivity (Wildman–Crippen MR) is 153 cm³/mol. The highest BCUT2D eigenvalue weighted by atomic mass is 35.5. The quantitative estimate of drug-likeness (QED) is 0.224. The Kier molecular flexibility index (Phi) is 10.2. The number of benzene rings is 2. The number of amides is 1. The molecule has 40 heavy (non-hydrogen) atoms. The smallest absolute Gasteiger partial charge is 0.416 e. The van der Waals surface area contributed by atoms with Crippen LogP contribution in [0.2, 0.25) is 10.0 Å². The van der Waals surface area contributed by atoms with Gasteiger partial charge in [0.05, 0.1) is 18.1 Å². The van der Waals surface area contributed by atoms with Gasteiger partial charge in [-0.05, 0) is 73.6 Å². The molecule has 2 unspecified atom stereocenters. The monoisotopic (exact) mass is 598 g/mol. The van der Waals surface area contributed by atoms with E-state index in [0.717, 1.165) is 41.7 Å². The maximum absolute atomic E-state index is 13.1. The first-order chi connectivity index (χ1) is 18.9. The molecule has 2 heterocycles. The molecular weight excluding hydrogens is 564 g/mol. The number of halogens is 5. The summed E-state index contributed by atoms with van der Waals surface area (Å²) in [7, 11) is 1.76.